The average molecular weight is 456 g/mol. The molecule has 0 aliphatic carbocycles. The van der Waals surface area contributed by atoms with Crippen LogP contribution in [0.4, 0.5) is 0 Å². The Kier molecular flexibility index (Phi) is 7.70. The van der Waals surface area contributed by atoms with Crippen LogP contribution < -0.4 is 0 Å². The standard InChI is InChI=1S/C21H28O11/c1-4-9(3)18(26)30-14-6-11-10(5-2)20(28-8-12(11)19(27)31-14)32-21-17(25)16(24)15(23)13(7-22)29-21/h4-5,8,10-11,13-17,20-25H,2,6-7H2,1,3H3/b9-4+/t10-,11+,13-,14+,15-,16+,17-,20+,21+/m1/s1. The molecule has 0 unspecified atom stereocenters. The van der Waals surface area contributed by atoms with E-state index in [-0.39, 0.29) is 12.0 Å². The molecule has 3 aliphatic rings. The molecule has 11 nitrogen and oxygen atoms in total. The molecule has 4 N–H and O–H groups in total. The smallest absolute Gasteiger partial charge is 0.340 e. The Bertz CT molecular complexity index is 789. The van der Waals surface area contributed by atoms with E-state index in [9.17, 15) is 30.0 Å². The second-order valence-corrected chi connectivity index (χ2v) is 7.78. The van der Waals surface area contributed by atoms with Gasteiger partial charge in [-0.25, -0.2) is 9.59 Å². The lowest BCUT2D eigenvalue weighted by Crippen LogP contribution is -2.60. The number of hydrogen-bond donors (Lipinski definition) is 4. The summed E-state index contributed by atoms with van der Waals surface area (Å²) < 4.78 is 27.0. The van der Waals surface area contributed by atoms with Crippen molar-refractivity contribution in [3.05, 3.63) is 36.1 Å². The van der Waals surface area contributed by atoms with Gasteiger partial charge in [0, 0.05) is 23.8 Å². The predicted molar refractivity (Wildman–Crippen MR) is 105 cm³/mol. The van der Waals surface area contributed by atoms with Gasteiger partial charge in [-0.05, 0) is 13.8 Å². The Morgan fingerprint density at radius 1 is 1.25 bits per heavy atom. The molecule has 0 aromatic rings. The molecule has 0 amide bonds. The van der Waals surface area contributed by atoms with Crippen LogP contribution in [0, 0.1) is 11.8 Å². The van der Waals surface area contributed by atoms with Gasteiger partial charge in [0.05, 0.1) is 18.4 Å². The van der Waals surface area contributed by atoms with Crippen molar-refractivity contribution in [3.8, 4) is 0 Å². The van der Waals surface area contributed by atoms with Crippen LogP contribution >= 0.6 is 0 Å². The van der Waals surface area contributed by atoms with Crippen molar-refractivity contribution >= 4 is 11.9 Å². The maximum atomic E-state index is 12.4. The first kappa shape index (κ1) is 24.4. The van der Waals surface area contributed by atoms with E-state index in [4.69, 9.17) is 23.7 Å². The van der Waals surface area contributed by atoms with E-state index in [0.29, 0.717) is 5.57 Å². The van der Waals surface area contributed by atoms with Gasteiger partial charge in [0.2, 0.25) is 12.6 Å². The van der Waals surface area contributed by atoms with Crippen molar-refractivity contribution < 1.29 is 53.7 Å². The molecule has 32 heavy (non-hydrogen) atoms. The Balaban J connectivity index is 1.75. The number of aliphatic hydroxyl groups excluding tert-OH is 4. The van der Waals surface area contributed by atoms with Crippen LogP contribution in [0.2, 0.25) is 0 Å². The van der Waals surface area contributed by atoms with E-state index in [1.807, 2.05) is 0 Å². The highest BCUT2D eigenvalue weighted by molar-refractivity contribution is 5.91. The molecule has 2 fully saturated rings. The third-order valence-electron chi connectivity index (χ3n) is 5.81. The zero-order valence-electron chi connectivity index (χ0n) is 17.7. The second kappa shape index (κ2) is 10.1. The number of cyclic esters (lactones) is 1. The summed E-state index contributed by atoms with van der Waals surface area (Å²) in [6.45, 7) is 6.40. The van der Waals surface area contributed by atoms with Crippen molar-refractivity contribution in [1.82, 2.24) is 0 Å². The van der Waals surface area contributed by atoms with Crippen molar-refractivity contribution in [2.75, 3.05) is 6.61 Å². The van der Waals surface area contributed by atoms with E-state index in [1.54, 1.807) is 19.9 Å². The first-order valence-corrected chi connectivity index (χ1v) is 10.2. The molecule has 3 aliphatic heterocycles. The Morgan fingerprint density at radius 3 is 2.59 bits per heavy atom. The minimum Gasteiger partial charge on any atom is -0.471 e. The first-order chi connectivity index (χ1) is 15.2. The third kappa shape index (κ3) is 4.72. The second-order valence-electron chi connectivity index (χ2n) is 7.78. The third-order valence-corrected chi connectivity index (χ3v) is 5.81. The van der Waals surface area contributed by atoms with Gasteiger partial charge in [0.25, 0.3) is 0 Å². The monoisotopic (exact) mass is 456 g/mol. The Labute approximate surface area is 184 Å². The van der Waals surface area contributed by atoms with Crippen LogP contribution in [0.25, 0.3) is 0 Å². The van der Waals surface area contributed by atoms with E-state index >= 15 is 0 Å². The number of hydrogen-bond acceptors (Lipinski definition) is 11. The van der Waals surface area contributed by atoms with E-state index in [0.717, 1.165) is 6.26 Å². The fraction of sp³-hybridized carbons (Fsp3) is 0.619. The summed E-state index contributed by atoms with van der Waals surface area (Å²) in [4.78, 5) is 24.5. The number of rotatable bonds is 6. The fourth-order valence-corrected chi connectivity index (χ4v) is 3.75. The fourth-order valence-electron chi connectivity index (χ4n) is 3.75. The van der Waals surface area contributed by atoms with Crippen molar-refractivity contribution in [2.24, 2.45) is 11.8 Å². The highest BCUT2D eigenvalue weighted by atomic mass is 16.8. The molecule has 0 spiro atoms. The SMILES string of the molecule is C=C[C@H]1[C@H](O[C@@H]2O[C@H](CO)[C@@H](O)[C@H](O)[C@H]2O)OC=C2C(=O)O[C@H](OC(=O)/C(C)=C/C)C[C@H]21. The number of allylic oxidation sites excluding steroid dienone is 1. The maximum Gasteiger partial charge on any atom is 0.340 e. The van der Waals surface area contributed by atoms with Gasteiger partial charge in [-0.15, -0.1) is 6.58 Å². The highest BCUT2D eigenvalue weighted by Gasteiger charge is 2.49. The lowest BCUT2D eigenvalue weighted by Gasteiger charge is -2.44. The molecule has 11 heteroatoms. The molecule has 3 heterocycles. The minimum absolute atomic E-state index is 0.120. The topological polar surface area (TPSA) is 161 Å². The lowest BCUT2D eigenvalue weighted by molar-refractivity contribution is -0.340. The number of fused-ring (bicyclic) bond motifs is 1. The summed E-state index contributed by atoms with van der Waals surface area (Å²) in [6.07, 6.45) is -5.24. The number of esters is 2. The average Bonchev–Trinajstić information content (AvgIpc) is 2.78. The van der Waals surface area contributed by atoms with Gasteiger partial charge in [0.1, 0.15) is 24.4 Å². The Morgan fingerprint density at radius 2 is 1.97 bits per heavy atom. The molecule has 3 rings (SSSR count). The highest BCUT2D eigenvalue weighted by Crippen LogP contribution is 2.40. The predicted octanol–water partition coefficient (Wildman–Crippen LogP) is -0.756. The first-order valence-electron chi connectivity index (χ1n) is 10.2. The van der Waals surface area contributed by atoms with Crippen LogP contribution in [0.15, 0.2) is 36.1 Å². The van der Waals surface area contributed by atoms with Crippen molar-refractivity contribution in [1.29, 1.82) is 0 Å². The van der Waals surface area contributed by atoms with Crippen molar-refractivity contribution in [3.63, 3.8) is 0 Å². The molecule has 0 aromatic heterocycles. The van der Waals surface area contributed by atoms with Gasteiger partial charge in [-0.2, -0.15) is 0 Å². The molecule has 0 bridgehead atoms. The number of ether oxygens (including phenoxy) is 5. The van der Waals surface area contributed by atoms with Crippen LogP contribution in [-0.4, -0.2) is 82.3 Å². The number of carbonyl (C=O) groups is 2. The maximum absolute atomic E-state index is 12.4. The summed E-state index contributed by atoms with van der Waals surface area (Å²) in [5.74, 6) is -2.51. The quantitative estimate of drug-likeness (QED) is 0.226. The summed E-state index contributed by atoms with van der Waals surface area (Å²) in [6, 6.07) is 0. The summed E-state index contributed by atoms with van der Waals surface area (Å²) in [5, 5.41) is 39.5. The molecule has 2 saturated heterocycles. The van der Waals surface area contributed by atoms with Crippen LogP contribution in [0.1, 0.15) is 20.3 Å². The molecule has 0 radical (unpaired) electrons. The summed E-state index contributed by atoms with van der Waals surface area (Å²) in [7, 11) is 0. The number of carbonyl (C=O) groups excluding carboxylic acids is 2. The van der Waals surface area contributed by atoms with E-state index in [1.165, 1.54) is 6.08 Å². The van der Waals surface area contributed by atoms with Gasteiger partial charge in [-0.1, -0.05) is 12.2 Å². The molecule has 9 atom stereocenters. The molecule has 0 aromatic carbocycles. The number of aliphatic hydroxyl groups is 4. The van der Waals surface area contributed by atoms with Crippen LogP contribution in [0.3, 0.4) is 0 Å². The normalized spacial score (nSPS) is 39.8. The zero-order valence-corrected chi connectivity index (χ0v) is 17.7. The summed E-state index contributed by atoms with van der Waals surface area (Å²) in [5.41, 5.74) is 0.567. The minimum atomic E-state index is -1.62. The van der Waals surface area contributed by atoms with Gasteiger partial charge < -0.3 is 44.1 Å². The molecular weight excluding hydrogens is 428 g/mol. The van der Waals surface area contributed by atoms with Crippen LogP contribution in [-0.2, 0) is 33.3 Å². The largest absolute Gasteiger partial charge is 0.471 e. The van der Waals surface area contributed by atoms with Crippen molar-refractivity contribution in [2.45, 2.75) is 63.6 Å². The Hall–Kier alpha value is -2.28. The molecule has 178 valence electrons. The van der Waals surface area contributed by atoms with Gasteiger partial charge >= 0.3 is 11.9 Å². The van der Waals surface area contributed by atoms with Crippen LogP contribution in [0.5, 0.6) is 0 Å². The van der Waals surface area contributed by atoms with E-state index in [2.05, 4.69) is 6.58 Å². The van der Waals surface area contributed by atoms with Gasteiger partial charge in [0.15, 0.2) is 6.29 Å². The van der Waals surface area contributed by atoms with Gasteiger partial charge in [-0.3, -0.25) is 0 Å². The molecular formula is C21H28O11. The zero-order chi connectivity index (χ0) is 23.6. The summed E-state index contributed by atoms with van der Waals surface area (Å²) >= 11 is 0. The molecule has 0 saturated carbocycles. The van der Waals surface area contributed by atoms with E-state index < -0.39 is 73.7 Å². The lowest BCUT2D eigenvalue weighted by atomic mass is 9.80.